The van der Waals surface area contributed by atoms with Gasteiger partial charge in [0.05, 0.1) is 11.3 Å². The molecule has 126 valence electrons. The van der Waals surface area contributed by atoms with E-state index in [4.69, 9.17) is 0 Å². The van der Waals surface area contributed by atoms with Crippen LogP contribution in [0.2, 0.25) is 0 Å². The highest BCUT2D eigenvalue weighted by Crippen LogP contribution is 2.29. The van der Waals surface area contributed by atoms with Crippen LogP contribution in [0, 0.1) is 0 Å². The minimum atomic E-state index is -4.36. The molecule has 2 heterocycles. The van der Waals surface area contributed by atoms with Crippen molar-refractivity contribution < 1.29 is 18.0 Å². The van der Waals surface area contributed by atoms with Gasteiger partial charge in [0.1, 0.15) is 12.4 Å². The number of likely N-dealkylation sites (N-methyl/N-ethyl adjacent to an activating group) is 1. The Morgan fingerprint density at radius 1 is 1.33 bits per heavy atom. The third kappa shape index (κ3) is 3.23. The lowest BCUT2D eigenvalue weighted by Gasteiger charge is -2.22. The molecule has 0 saturated carbocycles. The number of halogens is 3. The molecule has 1 amide bonds. The van der Waals surface area contributed by atoms with Crippen molar-refractivity contribution in [3.05, 3.63) is 59.2 Å². The van der Waals surface area contributed by atoms with E-state index in [1.807, 2.05) is 0 Å². The highest BCUT2D eigenvalue weighted by molar-refractivity contribution is 5.84. The van der Waals surface area contributed by atoms with Crippen LogP contribution in [-0.4, -0.2) is 27.8 Å². The van der Waals surface area contributed by atoms with Gasteiger partial charge in [0.25, 0.3) is 0 Å². The van der Waals surface area contributed by atoms with Crippen LogP contribution in [0.3, 0.4) is 0 Å². The molecule has 1 atom stereocenters. The summed E-state index contributed by atoms with van der Waals surface area (Å²) in [4.78, 5) is 22.1. The van der Waals surface area contributed by atoms with Crippen LogP contribution >= 0.6 is 0 Å². The van der Waals surface area contributed by atoms with Gasteiger partial charge in [0.15, 0.2) is 0 Å². The molecule has 2 aromatic rings. The lowest BCUT2D eigenvalue weighted by molar-refractivity contribution is -0.137. The van der Waals surface area contributed by atoms with Gasteiger partial charge in [-0.2, -0.15) is 13.2 Å². The van der Waals surface area contributed by atoms with Gasteiger partial charge < -0.3 is 4.90 Å². The highest BCUT2D eigenvalue weighted by Gasteiger charge is 2.32. The number of carbonyl (C=O) groups is 1. The topological polar surface area (TPSA) is 58.1 Å². The van der Waals surface area contributed by atoms with Gasteiger partial charge in [-0.1, -0.05) is 12.1 Å². The van der Waals surface area contributed by atoms with Crippen LogP contribution in [0.25, 0.3) is 0 Å². The average molecular weight is 336 g/mol. The number of amides is 1. The highest BCUT2D eigenvalue weighted by atomic mass is 19.4. The Kier molecular flexibility index (Phi) is 4.23. The number of aromatic nitrogens is 2. The summed E-state index contributed by atoms with van der Waals surface area (Å²) in [5.41, 5.74) is 1.44. The molecule has 5 nitrogen and oxygen atoms in total. The van der Waals surface area contributed by atoms with Crippen LogP contribution in [0.15, 0.2) is 36.8 Å². The Morgan fingerprint density at radius 3 is 2.71 bits per heavy atom. The standard InChI is InChI=1S/C16H15F3N4O/c1-23(8-10-2-4-11(5-3-10)16(17,18)19)15(24)14-12-6-20-9-22-13(12)7-21-14/h2-6,9,14,21H,7-8H2,1H3. The molecule has 0 radical (unpaired) electrons. The van der Waals surface area contributed by atoms with Crippen molar-refractivity contribution in [3.8, 4) is 0 Å². The zero-order valence-electron chi connectivity index (χ0n) is 12.8. The zero-order chi connectivity index (χ0) is 17.3. The van der Waals surface area contributed by atoms with E-state index in [2.05, 4.69) is 15.3 Å². The fraction of sp³-hybridized carbons (Fsp3) is 0.312. The van der Waals surface area contributed by atoms with Gasteiger partial charge in [-0.25, -0.2) is 9.97 Å². The third-order valence-corrected chi connectivity index (χ3v) is 3.94. The van der Waals surface area contributed by atoms with E-state index < -0.39 is 17.8 Å². The van der Waals surface area contributed by atoms with Gasteiger partial charge in [-0.15, -0.1) is 0 Å². The molecule has 1 aromatic carbocycles. The number of benzene rings is 1. The number of alkyl halides is 3. The minimum absolute atomic E-state index is 0.177. The average Bonchev–Trinajstić information content (AvgIpc) is 2.97. The predicted octanol–water partition coefficient (Wildman–Crippen LogP) is 2.30. The maximum atomic E-state index is 12.6. The second kappa shape index (κ2) is 6.20. The predicted molar refractivity (Wildman–Crippen MR) is 79.5 cm³/mol. The number of fused-ring (bicyclic) bond motifs is 1. The first kappa shape index (κ1) is 16.4. The van der Waals surface area contributed by atoms with Crippen molar-refractivity contribution in [2.24, 2.45) is 0 Å². The lowest BCUT2D eigenvalue weighted by Crippen LogP contribution is -2.35. The minimum Gasteiger partial charge on any atom is -0.340 e. The van der Waals surface area contributed by atoms with Crippen molar-refractivity contribution >= 4 is 5.91 Å². The van der Waals surface area contributed by atoms with E-state index >= 15 is 0 Å². The Bertz CT molecular complexity index is 746. The normalized spacial score (nSPS) is 16.8. The lowest BCUT2D eigenvalue weighted by atomic mass is 10.1. The van der Waals surface area contributed by atoms with E-state index in [1.165, 1.54) is 23.4 Å². The molecular formula is C16H15F3N4O. The van der Waals surface area contributed by atoms with Crippen LogP contribution < -0.4 is 5.32 Å². The van der Waals surface area contributed by atoms with Crippen LogP contribution in [0.1, 0.15) is 28.4 Å². The number of rotatable bonds is 3. The van der Waals surface area contributed by atoms with E-state index in [-0.39, 0.29) is 12.5 Å². The van der Waals surface area contributed by atoms with Gasteiger partial charge >= 0.3 is 6.18 Å². The fourth-order valence-corrected chi connectivity index (χ4v) is 2.65. The molecule has 1 unspecified atom stereocenters. The number of nitrogens with zero attached hydrogens (tertiary/aromatic N) is 3. The maximum absolute atomic E-state index is 12.6. The quantitative estimate of drug-likeness (QED) is 0.934. The molecule has 1 aliphatic heterocycles. The molecule has 8 heteroatoms. The Balaban J connectivity index is 1.69. The number of hydrogen-bond donors (Lipinski definition) is 1. The first-order valence-corrected chi connectivity index (χ1v) is 7.29. The number of nitrogens with one attached hydrogen (secondary N) is 1. The largest absolute Gasteiger partial charge is 0.416 e. The second-order valence-electron chi connectivity index (χ2n) is 5.63. The molecule has 3 rings (SSSR count). The summed E-state index contributed by atoms with van der Waals surface area (Å²) >= 11 is 0. The summed E-state index contributed by atoms with van der Waals surface area (Å²) in [6.07, 6.45) is -1.33. The van der Waals surface area contributed by atoms with Gasteiger partial charge in [-0.05, 0) is 17.7 Å². The van der Waals surface area contributed by atoms with E-state index in [0.717, 1.165) is 23.4 Å². The van der Waals surface area contributed by atoms with E-state index in [9.17, 15) is 18.0 Å². The molecule has 0 saturated heterocycles. The summed E-state index contributed by atoms with van der Waals surface area (Å²) in [7, 11) is 1.61. The van der Waals surface area contributed by atoms with E-state index in [0.29, 0.717) is 12.1 Å². The van der Waals surface area contributed by atoms with Gasteiger partial charge in [-0.3, -0.25) is 10.1 Å². The molecule has 0 fully saturated rings. The molecule has 0 aliphatic carbocycles. The first-order valence-electron chi connectivity index (χ1n) is 7.29. The molecule has 1 aromatic heterocycles. The van der Waals surface area contributed by atoms with E-state index in [1.54, 1.807) is 13.2 Å². The van der Waals surface area contributed by atoms with Crippen molar-refractivity contribution in [1.29, 1.82) is 0 Å². The van der Waals surface area contributed by atoms with Crippen molar-refractivity contribution in [1.82, 2.24) is 20.2 Å². The number of hydrogen-bond acceptors (Lipinski definition) is 4. The summed E-state index contributed by atoms with van der Waals surface area (Å²) in [5.74, 6) is -0.177. The molecule has 0 bridgehead atoms. The van der Waals surface area contributed by atoms with Crippen molar-refractivity contribution in [3.63, 3.8) is 0 Å². The summed E-state index contributed by atoms with van der Waals surface area (Å²) in [6.45, 7) is 0.709. The fourth-order valence-electron chi connectivity index (χ4n) is 2.65. The first-order chi connectivity index (χ1) is 11.4. The maximum Gasteiger partial charge on any atom is 0.416 e. The van der Waals surface area contributed by atoms with Crippen LogP contribution in [0.5, 0.6) is 0 Å². The third-order valence-electron chi connectivity index (χ3n) is 3.94. The molecule has 24 heavy (non-hydrogen) atoms. The van der Waals surface area contributed by atoms with Crippen molar-refractivity contribution in [2.45, 2.75) is 25.3 Å². The molecule has 0 spiro atoms. The Morgan fingerprint density at radius 2 is 2.04 bits per heavy atom. The Hall–Kier alpha value is -2.48. The summed E-state index contributed by atoms with van der Waals surface area (Å²) in [6, 6.07) is 4.27. The molecule has 1 aliphatic rings. The molecule has 1 N–H and O–H groups in total. The molecular weight excluding hydrogens is 321 g/mol. The van der Waals surface area contributed by atoms with Gasteiger partial charge in [0, 0.05) is 31.9 Å². The second-order valence-corrected chi connectivity index (χ2v) is 5.63. The zero-order valence-corrected chi connectivity index (χ0v) is 12.8. The van der Waals surface area contributed by atoms with Crippen LogP contribution in [0.4, 0.5) is 13.2 Å². The van der Waals surface area contributed by atoms with Gasteiger partial charge in [0.2, 0.25) is 5.91 Å². The monoisotopic (exact) mass is 336 g/mol. The summed E-state index contributed by atoms with van der Waals surface area (Å²) < 4.78 is 37.7. The Labute approximate surface area is 136 Å². The summed E-state index contributed by atoms with van der Waals surface area (Å²) in [5, 5.41) is 3.08. The van der Waals surface area contributed by atoms with Crippen LogP contribution in [-0.2, 0) is 24.1 Å². The smallest absolute Gasteiger partial charge is 0.340 e. The van der Waals surface area contributed by atoms with Crippen molar-refractivity contribution in [2.75, 3.05) is 7.05 Å². The SMILES string of the molecule is CN(Cc1ccc(C(F)(F)F)cc1)C(=O)C1NCc2ncncc21. The number of carbonyl (C=O) groups excluding carboxylic acids is 1.